The Morgan fingerprint density at radius 3 is 2.26 bits per heavy atom. The number of halogens is 1. The average Bonchev–Trinajstić information content (AvgIpc) is 3.06. The quantitative estimate of drug-likeness (QED) is 0.334. The van der Waals surface area contributed by atoms with Crippen molar-refractivity contribution in [1.29, 1.82) is 0 Å². The van der Waals surface area contributed by atoms with Gasteiger partial charge < -0.3 is 30.0 Å². The molecule has 4 N–H and O–H groups in total. The van der Waals surface area contributed by atoms with Crippen LogP contribution in [0.3, 0.4) is 0 Å². The minimum Gasteiger partial charge on any atom is -0.497 e. The monoisotopic (exact) mass is 432 g/mol. The second-order valence-electron chi connectivity index (χ2n) is 6.63. The van der Waals surface area contributed by atoms with Crippen LogP contribution in [-0.2, 0) is 22.6 Å². The largest absolute Gasteiger partial charge is 0.497 e. The molecule has 0 amide bonds. The van der Waals surface area contributed by atoms with Gasteiger partial charge in [0.25, 0.3) is 0 Å². The van der Waals surface area contributed by atoms with E-state index in [1.165, 1.54) is 17.0 Å². The van der Waals surface area contributed by atoms with Crippen LogP contribution in [0.15, 0.2) is 36.4 Å². The van der Waals surface area contributed by atoms with E-state index in [4.69, 9.17) is 29.3 Å². The lowest BCUT2D eigenvalue weighted by Gasteiger charge is -2.08. The van der Waals surface area contributed by atoms with Crippen molar-refractivity contribution in [2.45, 2.75) is 19.9 Å². The number of aromatic nitrogens is 1. The van der Waals surface area contributed by atoms with Crippen molar-refractivity contribution in [2.75, 3.05) is 20.8 Å². The SMILES string of the molecule is COc1ccc(F)c(CNCCc2c(C)[nH]c3ccc(OC)cc23)c1.O=C(O)C(=O)O. The maximum absolute atomic E-state index is 13.8. The zero-order valence-corrected chi connectivity index (χ0v) is 17.5. The highest BCUT2D eigenvalue weighted by molar-refractivity contribution is 6.27. The number of aryl methyl sites for hydroxylation is 1. The number of aliphatic carboxylic acids is 2. The fourth-order valence-electron chi connectivity index (χ4n) is 3.06. The zero-order chi connectivity index (χ0) is 23.0. The minimum absolute atomic E-state index is 0.221. The molecule has 0 unspecified atom stereocenters. The van der Waals surface area contributed by atoms with Crippen LogP contribution in [0.5, 0.6) is 11.5 Å². The lowest BCUT2D eigenvalue weighted by molar-refractivity contribution is -0.159. The molecule has 166 valence electrons. The van der Waals surface area contributed by atoms with Crippen LogP contribution in [0.2, 0.25) is 0 Å². The number of carboxylic acid groups (broad SMARTS) is 2. The van der Waals surface area contributed by atoms with Crippen molar-refractivity contribution < 1.29 is 33.7 Å². The predicted octanol–water partition coefficient (Wildman–Crippen LogP) is 3.12. The first kappa shape index (κ1) is 23.7. The maximum atomic E-state index is 13.8. The van der Waals surface area contributed by atoms with Gasteiger partial charge in [-0.25, -0.2) is 14.0 Å². The van der Waals surface area contributed by atoms with E-state index in [0.717, 1.165) is 29.9 Å². The van der Waals surface area contributed by atoms with Gasteiger partial charge in [0, 0.05) is 28.7 Å². The van der Waals surface area contributed by atoms with Gasteiger partial charge in [0.1, 0.15) is 17.3 Å². The number of H-pyrrole nitrogens is 1. The Labute approximate surface area is 178 Å². The van der Waals surface area contributed by atoms with E-state index in [1.807, 2.05) is 12.1 Å². The average molecular weight is 432 g/mol. The van der Waals surface area contributed by atoms with Gasteiger partial charge in [-0.05, 0) is 61.9 Å². The van der Waals surface area contributed by atoms with Crippen molar-refractivity contribution in [2.24, 2.45) is 0 Å². The number of rotatable bonds is 7. The lowest BCUT2D eigenvalue weighted by atomic mass is 10.1. The number of nitrogens with one attached hydrogen (secondary N) is 2. The summed E-state index contributed by atoms with van der Waals surface area (Å²) in [6.45, 7) is 3.29. The van der Waals surface area contributed by atoms with Crippen molar-refractivity contribution in [3.63, 3.8) is 0 Å². The van der Waals surface area contributed by atoms with E-state index in [9.17, 15) is 4.39 Å². The van der Waals surface area contributed by atoms with Crippen molar-refractivity contribution in [3.05, 3.63) is 59.0 Å². The molecule has 3 aromatic rings. The molecular formula is C22H25FN2O6. The molecule has 0 bridgehead atoms. The lowest BCUT2D eigenvalue weighted by Crippen LogP contribution is -2.17. The molecule has 0 saturated heterocycles. The molecule has 31 heavy (non-hydrogen) atoms. The van der Waals surface area contributed by atoms with E-state index < -0.39 is 11.9 Å². The molecule has 0 aliphatic rings. The van der Waals surface area contributed by atoms with E-state index in [-0.39, 0.29) is 5.82 Å². The Bertz CT molecular complexity index is 1050. The van der Waals surface area contributed by atoms with Gasteiger partial charge in [0.05, 0.1) is 14.2 Å². The summed E-state index contributed by atoms with van der Waals surface area (Å²) in [6, 6.07) is 10.8. The van der Waals surface area contributed by atoms with Gasteiger partial charge >= 0.3 is 11.9 Å². The summed E-state index contributed by atoms with van der Waals surface area (Å²) in [7, 11) is 3.25. The molecular weight excluding hydrogens is 407 g/mol. The number of ether oxygens (including phenoxy) is 2. The third-order valence-electron chi connectivity index (χ3n) is 4.63. The van der Waals surface area contributed by atoms with Crippen LogP contribution < -0.4 is 14.8 Å². The number of aromatic amines is 1. The molecule has 1 aromatic heterocycles. The Hall–Kier alpha value is -3.59. The molecule has 1 heterocycles. The van der Waals surface area contributed by atoms with E-state index >= 15 is 0 Å². The molecule has 0 spiro atoms. The highest BCUT2D eigenvalue weighted by atomic mass is 19.1. The predicted molar refractivity (Wildman–Crippen MR) is 113 cm³/mol. The summed E-state index contributed by atoms with van der Waals surface area (Å²) in [4.78, 5) is 21.6. The molecule has 0 radical (unpaired) electrons. The smallest absolute Gasteiger partial charge is 0.414 e. The third kappa shape index (κ3) is 6.45. The summed E-state index contributed by atoms with van der Waals surface area (Å²) < 4.78 is 24.3. The van der Waals surface area contributed by atoms with E-state index in [2.05, 4.69) is 23.3 Å². The third-order valence-corrected chi connectivity index (χ3v) is 4.63. The first-order chi connectivity index (χ1) is 14.8. The number of carbonyl (C=O) groups is 2. The van der Waals surface area contributed by atoms with E-state index in [1.54, 1.807) is 26.4 Å². The summed E-state index contributed by atoms with van der Waals surface area (Å²) in [5.74, 6) is -2.36. The van der Waals surface area contributed by atoms with E-state index in [0.29, 0.717) is 17.9 Å². The number of benzene rings is 2. The topological polar surface area (TPSA) is 121 Å². The van der Waals surface area contributed by atoms with Crippen LogP contribution in [0.25, 0.3) is 10.9 Å². The van der Waals surface area contributed by atoms with Crippen molar-refractivity contribution in [1.82, 2.24) is 10.3 Å². The van der Waals surface area contributed by atoms with Gasteiger partial charge in [-0.3, -0.25) is 0 Å². The molecule has 9 heteroatoms. The van der Waals surface area contributed by atoms with Gasteiger partial charge in [0.15, 0.2) is 0 Å². The van der Waals surface area contributed by atoms with Gasteiger partial charge in [-0.15, -0.1) is 0 Å². The second-order valence-corrected chi connectivity index (χ2v) is 6.63. The number of methoxy groups -OCH3 is 2. The normalized spacial score (nSPS) is 10.3. The highest BCUT2D eigenvalue weighted by Gasteiger charge is 2.10. The molecule has 0 saturated carbocycles. The standard InChI is InChI=1S/C20H23FN2O2.C2H2O4/c1-13-17(18-11-16(25-3)5-7-20(18)23-13)8-9-22-12-14-10-15(24-2)4-6-19(14)21;3-1(4)2(5)6/h4-7,10-11,22-23H,8-9,12H2,1-3H3;(H,3,4)(H,5,6). The highest BCUT2D eigenvalue weighted by Crippen LogP contribution is 2.26. The molecule has 3 rings (SSSR count). The summed E-state index contributed by atoms with van der Waals surface area (Å²) in [5, 5.41) is 19.3. The second kappa shape index (κ2) is 11.0. The number of carboxylic acids is 2. The Morgan fingerprint density at radius 2 is 1.65 bits per heavy atom. The number of fused-ring (bicyclic) bond motifs is 1. The number of hydrogen-bond donors (Lipinski definition) is 4. The fourth-order valence-corrected chi connectivity index (χ4v) is 3.06. The van der Waals surface area contributed by atoms with Crippen molar-refractivity contribution >= 4 is 22.8 Å². The molecule has 2 aromatic carbocycles. The van der Waals surface area contributed by atoms with Crippen LogP contribution in [0, 0.1) is 12.7 Å². The van der Waals surface area contributed by atoms with Gasteiger partial charge in [0.2, 0.25) is 0 Å². The Kier molecular flexibility index (Phi) is 8.39. The molecule has 0 atom stereocenters. The minimum atomic E-state index is -1.82. The Balaban J connectivity index is 0.000000501. The fraction of sp³-hybridized carbons (Fsp3) is 0.273. The zero-order valence-electron chi connectivity index (χ0n) is 17.5. The summed E-state index contributed by atoms with van der Waals surface area (Å²) in [6.07, 6.45) is 0.852. The first-order valence-electron chi connectivity index (χ1n) is 9.41. The molecule has 0 aliphatic heterocycles. The van der Waals surface area contributed by atoms with Gasteiger partial charge in [-0.2, -0.15) is 0 Å². The van der Waals surface area contributed by atoms with Crippen LogP contribution >= 0.6 is 0 Å². The molecule has 0 aliphatic carbocycles. The number of hydrogen-bond acceptors (Lipinski definition) is 5. The van der Waals surface area contributed by atoms with Crippen molar-refractivity contribution in [3.8, 4) is 11.5 Å². The molecule has 8 nitrogen and oxygen atoms in total. The van der Waals surface area contributed by atoms with Crippen LogP contribution in [-0.4, -0.2) is 47.9 Å². The summed E-state index contributed by atoms with van der Waals surface area (Å²) >= 11 is 0. The van der Waals surface area contributed by atoms with Crippen LogP contribution in [0.1, 0.15) is 16.8 Å². The van der Waals surface area contributed by atoms with Gasteiger partial charge in [-0.1, -0.05) is 0 Å². The maximum Gasteiger partial charge on any atom is 0.414 e. The first-order valence-corrected chi connectivity index (χ1v) is 9.41. The summed E-state index contributed by atoms with van der Waals surface area (Å²) in [5.41, 5.74) is 4.12. The Morgan fingerprint density at radius 1 is 1.03 bits per heavy atom. The van der Waals surface area contributed by atoms with Crippen LogP contribution in [0.4, 0.5) is 4.39 Å². The molecule has 0 fully saturated rings.